The number of hydrogen-bond donors (Lipinski definition) is 1. The number of ether oxygens (including phenoxy) is 2. The Balaban J connectivity index is 2.21. The van der Waals surface area contributed by atoms with Crippen LogP contribution in [-0.4, -0.2) is 43.9 Å². The normalized spacial score (nSPS) is 26.3. The molecule has 1 aromatic carbocycles. The van der Waals surface area contributed by atoms with Gasteiger partial charge in [0.25, 0.3) is 0 Å². The summed E-state index contributed by atoms with van der Waals surface area (Å²) in [5, 5.41) is 0. The van der Waals surface area contributed by atoms with Gasteiger partial charge in [0.1, 0.15) is 5.75 Å². The highest BCUT2D eigenvalue weighted by Crippen LogP contribution is 2.32. The zero-order valence-electron chi connectivity index (χ0n) is 13.6. The average molecular weight is 292 g/mol. The molecule has 118 valence electrons. The molecule has 0 aromatic heterocycles. The van der Waals surface area contributed by atoms with E-state index in [0.29, 0.717) is 0 Å². The summed E-state index contributed by atoms with van der Waals surface area (Å²) in [6.07, 6.45) is 2.25. The van der Waals surface area contributed by atoms with E-state index in [1.165, 1.54) is 5.56 Å². The molecular weight excluding hydrogens is 264 g/mol. The van der Waals surface area contributed by atoms with Crippen LogP contribution in [0.25, 0.3) is 0 Å². The SMILES string of the molecule is COc1ccc(C(C(C)N)N2CCCC(C)(OC)C2)cc1. The highest BCUT2D eigenvalue weighted by molar-refractivity contribution is 5.30. The summed E-state index contributed by atoms with van der Waals surface area (Å²) in [5.41, 5.74) is 7.46. The van der Waals surface area contributed by atoms with E-state index in [1.807, 2.05) is 12.1 Å². The maximum atomic E-state index is 6.29. The van der Waals surface area contributed by atoms with Gasteiger partial charge in [0.05, 0.1) is 12.7 Å². The van der Waals surface area contributed by atoms with Gasteiger partial charge in [-0.05, 0) is 50.9 Å². The molecule has 0 aliphatic carbocycles. The van der Waals surface area contributed by atoms with Gasteiger partial charge < -0.3 is 15.2 Å². The fourth-order valence-electron chi connectivity index (χ4n) is 3.30. The summed E-state index contributed by atoms with van der Waals surface area (Å²) in [5.74, 6) is 0.877. The molecule has 2 rings (SSSR count). The first-order valence-corrected chi connectivity index (χ1v) is 7.68. The second-order valence-corrected chi connectivity index (χ2v) is 6.31. The van der Waals surface area contributed by atoms with Crippen molar-refractivity contribution in [3.8, 4) is 5.75 Å². The van der Waals surface area contributed by atoms with Crippen molar-refractivity contribution in [2.24, 2.45) is 5.73 Å². The number of hydrogen-bond acceptors (Lipinski definition) is 4. The Hall–Kier alpha value is -1.10. The highest BCUT2D eigenvalue weighted by Gasteiger charge is 2.35. The minimum atomic E-state index is -0.0716. The maximum absolute atomic E-state index is 6.29. The molecule has 1 aliphatic heterocycles. The van der Waals surface area contributed by atoms with E-state index >= 15 is 0 Å². The van der Waals surface area contributed by atoms with Crippen LogP contribution in [0, 0.1) is 0 Å². The number of benzene rings is 1. The zero-order valence-corrected chi connectivity index (χ0v) is 13.6. The van der Waals surface area contributed by atoms with Crippen molar-refractivity contribution >= 4 is 0 Å². The fourth-order valence-corrected chi connectivity index (χ4v) is 3.30. The molecule has 0 saturated carbocycles. The van der Waals surface area contributed by atoms with Crippen molar-refractivity contribution in [3.63, 3.8) is 0 Å². The Labute approximate surface area is 128 Å². The molecule has 4 heteroatoms. The van der Waals surface area contributed by atoms with E-state index in [9.17, 15) is 0 Å². The molecule has 3 atom stereocenters. The lowest BCUT2D eigenvalue weighted by molar-refractivity contribution is -0.0637. The summed E-state index contributed by atoms with van der Waals surface area (Å²) < 4.78 is 10.9. The number of likely N-dealkylation sites (tertiary alicyclic amines) is 1. The van der Waals surface area contributed by atoms with Gasteiger partial charge in [-0.2, -0.15) is 0 Å². The number of nitrogens with zero attached hydrogens (tertiary/aromatic N) is 1. The van der Waals surface area contributed by atoms with Crippen LogP contribution in [0.3, 0.4) is 0 Å². The maximum Gasteiger partial charge on any atom is 0.118 e. The van der Waals surface area contributed by atoms with Crippen LogP contribution in [0.15, 0.2) is 24.3 Å². The molecule has 21 heavy (non-hydrogen) atoms. The lowest BCUT2D eigenvalue weighted by atomic mass is 9.90. The number of rotatable bonds is 5. The van der Waals surface area contributed by atoms with Crippen LogP contribution < -0.4 is 10.5 Å². The molecule has 0 amide bonds. The van der Waals surface area contributed by atoms with Crippen LogP contribution in [0.2, 0.25) is 0 Å². The second kappa shape index (κ2) is 6.77. The molecule has 1 aromatic rings. The van der Waals surface area contributed by atoms with Gasteiger partial charge >= 0.3 is 0 Å². The molecule has 2 N–H and O–H groups in total. The van der Waals surface area contributed by atoms with E-state index in [2.05, 4.69) is 30.9 Å². The number of methoxy groups -OCH3 is 2. The molecule has 4 nitrogen and oxygen atoms in total. The molecule has 0 bridgehead atoms. The fraction of sp³-hybridized carbons (Fsp3) is 0.647. The predicted molar refractivity (Wildman–Crippen MR) is 85.6 cm³/mol. The Morgan fingerprint density at radius 1 is 1.24 bits per heavy atom. The van der Waals surface area contributed by atoms with Crippen molar-refractivity contribution in [1.29, 1.82) is 0 Å². The third kappa shape index (κ3) is 3.76. The first-order chi connectivity index (χ1) is 9.99. The Morgan fingerprint density at radius 3 is 2.43 bits per heavy atom. The van der Waals surface area contributed by atoms with Gasteiger partial charge in [-0.25, -0.2) is 0 Å². The molecule has 3 unspecified atom stereocenters. The minimum Gasteiger partial charge on any atom is -0.497 e. The third-order valence-electron chi connectivity index (χ3n) is 4.53. The summed E-state index contributed by atoms with van der Waals surface area (Å²) in [6, 6.07) is 8.52. The molecule has 1 fully saturated rings. The first kappa shape index (κ1) is 16.3. The van der Waals surface area contributed by atoms with Crippen molar-refractivity contribution in [3.05, 3.63) is 29.8 Å². The van der Waals surface area contributed by atoms with E-state index in [-0.39, 0.29) is 17.7 Å². The monoisotopic (exact) mass is 292 g/mol. The average Bonchev–Trinajstić information content (AvgIpc) is 2.48. The van der Waals surface area contributed by atoms with Gasteiger partial charge in [-0.1, -0.05) is 12.1 Å². The molecule has 0 radical (unpaired) electrons. The Kier molecular flexibility index (Phi) is 5.25. The predicted octanol–water partition coefficient (Wildman–Crippen LogP) is 2.58. The summed E-state index contributed by atoms with van der Waals surface area (Å²) >= 11 is 0. The standard InChI is InChI=1S/C17H28N2O2/c1-13(18)16(14-6-8-15(20-3)9-7-14)19-11-5-10-17(2,12-19)21-4/h6-9,13,16H,5,10-12,18H2,1-4H3. The topological polar surface area (TPSA) is 47.7 Å². The van der Waals surface area contributed by atoms with E-state index in [0.717, 1.165) is 31.7 Å². The van der Waals surface area contributed by atoms with Crippen LogP contribution in [0.5, 0.6) is 5.75 Å². The summed E-state index contributed by atoms with van der Waals surface area (Å²) in [7, 11) is 3.49. The van der Waals surface area contributed by atoms with Gasteiger partial charge in [0.2, 0.25) is 0 Å². The number of nitrogens with two attached hydrogens (primary N) is 1. The third-order valence-corrected chi connectivity index (χ3v) is 4.53. The second-order valence-electron chi connectivity index (χ2n) is 6.31. The molecule has 1 aliphatic rings. The number of piperidine rings is 1. The lowest BCUT2D eigenvalue weighted by Crippen LogP contribution is -2.51. The van der Waals surface area contributed by atoms with Gasteiger partial charge in [0.15, 0.2) is 0 Å². The van der Waals surface area contributed by atoms with Crippen LogP contribution >= 0.6 is 0 Å². The summed E-state index contributed by atoms with van der Waals surface area (Å²) in [6.45, 7) is 6.25. The van der Waals surface area contributed by atoms with E-state index in [4.69, 9.17) is 15.2 Å². The van der Waals surface area contributed by atoms with Crippen molar-refractivity contribution in [2.45, 2.75) is 44.4 Å². The molecule has 1 heterocycles. The van der Waals surface area contributed by atoms with Crippen molar-refractivity contribution < 1.29 is 9.47 Å². The first-order valence-electron chi connectivity index (χ1n) is 7.68. The van der Waals surface area contributed by atoms with E-state index in [1.54, 1.807) is 14.2 Å². The zero-order chi connectivity index (χ0) is 15.5. The van der Waals surface area contributed by atoms with Crippen LogP contribution in [0.4, 0.5) is 0 Å². The molecule has 0 spiro atoms. The van der Waals surface area contributed by atoms with Gasteiger partial charge in [0, 0.05) is 25.7 Å². The van der Waals surface area contributed by atoms with Gasteiger partial charge in [-0.3, -0.25) is 4.90 Å². The quantitative estimate of drug-likeness (QED) is 0.906. The Bertz CT molecular complexity index is 447. The molecule has 1 saturated heterocycles. The van der Waals surface area contributed by atoms with E-state index < -0.39 is 0 Å². The lowest BCUT2D eigenvalue weighted by Gasteiger charge is -2.44. The smallest absolute Gasteiger partial charge is 0.118 e. The minimum absolute atomic E-state index is 0.0672. The van der Waals surface area contributed by atoms with Crippen LogP contribution in [0.1, 0.15) is 38.3 Å². The summed E-state index contributed by atoms with van der Waals surface area (Å²) in [4.78, 5) is 2.46. The largest absolute Gasteiger partial charge is 0.497 e. The van der Waals surface area contributed by atoms with Crippen molar-refractivity contribution in [2.75, 3.05) is 27.3 Å². The molecular formula is C17H28N2O2. The van der Waals surface area contributed by atoms with Crippen LogP contribution in [-0.2, 0) is 4.74 Å². The van der Waals surface area contributed by atoms with Gasteiger partial charge in [-0.15, -0.1) is 0 Å². The van der Waals surface area contributed by atoms with Crippen molar-refractivity contribution in [1.82, 2.24) is 4.90 Å². The highest BCUT2D eigenvalue weighted by atomic mass is 16.5. The Morgan fingerprint density at radius 2 is 1.90 bits per heavy atom.